The highest BCUT2D eigenvalue weighted by atomic mass is 35.5. The van der Waals surface area contributed by atoms with Gasteiger partial charge < -0.3 is 16.0 Å². The number of carbonyl (C=O) groups excluding carboxylic acids is 2. The molecule has 1 aliphatic rings. The summed E-state index contributed by atoms with van der Waals surface area (Å²) in [6.45, 7) is 7.24. The van der Waals surface area contributed by atoms with Crippen LogP contribution in [0.2, 0.25) is 0 Å². The molecule has 5 nitrogen and oxygen atoms in total. The van der Waals surface area contributed by atoms with Crippen LogP contribution in [0.5, 0.6) is 0 Å². The lowest BCUT2D eigenvalue weighted by atomic mass is 9.88. The molecule has 1 aliphatic heterocycles. The molecule has 0 aliphatic carbocycles. The van der Waals surface area contributed by atoms with Crippen LogP contribution in [0.15, 0.2) is 24.3 Å². The molecular weight excluding hydrogens is 302 g/mol. The van der Waals surface area contributed by atoms with Gasteiger partial charge in [0.25, 0.3) is 0 Å². The molecule has 1 aromatic carbocycles. The summed E-state index contributed by atoms with van der Waals surface area (Å²) in [5.41, 5.74) is 1.73. The number of hydrogen-bond acceptors (Lipinski definition) is 3. The first-order valence-electron chi connectivity index (χ1n) is 7.36. The molecule has 2 atom stereocenters. The zero-order chi connectivity index (χ0) is 15.4. The lowest BCUT2D eigenvalue weighted by molar-refractivity contribution is -0.127. The van der Waals surface area contributed by atoms with Crippen molar-refractivity contribution in [2.75, 3.05) is 18.4 Å². The number of nitrogens with one attached hydrogen (secondary N) is 3. The van der Waals surface area contributed by atoms with Crippen LogP contribution in [0, 0.1) is 11.8 Å². The second-order valence-electron chi connectivity index (χ2n) is 5.74. The SMILES string of the molecule is CC(=O)Nc1cccc(C(C)NC(=O)C(C)C2CNC2)c1.Cl. The van der Waals surface area contributed by atoms with E-state index in [9.17, 15) is 9.59 Å². The molecule has 122 valence electrons. The molecule has 1 fully saturated rings. The zero-order valence-corrected chi connectivity index (χ0v) is 14.0. The summed E-state index contributed by atoms with van der Waals surface area (Å²) in [7, 11) is 0. The van der Waals surface area contributed by atoms with E-state index in [4.69, 9.17) is 0 Å². The van der Waals surface area contributed by atoms with Gasteiger partial charge in [-0.05, 0) is 43.6 Å². The van der Waals surface area contributed by atoms with Crippen molar-refractivity contribution in [1.82, 2.24) is 10.6 Å². The molecule has 0 spiro atoms. The minimum atomic E-state index is -0.102. The van der Waals surface area contributed by atoms with Gasteiger partial charge in [0.2, 0.25) is 11.8 Å². The minimum absolute atomic E-state index is 0. The van der Waals surface area contributed by atoms with Gasteiger partial charge in [-0.15, -0.1) is 12.4 Å². The van der Waals surface area contributed by atoms with Crippen molar-refractivity contribution in [2.24, 2.45) is 11.8 Å². The van der Waals surface area contributed by atoms with Crippen LogP contribution in [0.3, 0.4) is 0 Å². The summed E-state index contributed by atoms with van der Waals surface area (Å²) in [5.74, 6) is 0.434. The third kappa shape index (κ3) is 4.71. The van der Waals surface area contributed by atoms with Crippen molar-refractivity contribution in [2.45, 2.75) is 26.8 Å². The Bertz CT molecular complexity index is 532. The monoisotopic (exact) mass is 325 g/mol. The van der Waals surface area contributed by atoms with E-state index in [1.165, 1.54) is 6.92 Å². The highest BCUT2D eigenvalue weighted by Gasteiger charge is 2.29. The van der Waals surface area contributed by atoms with E-state index < -0.39 is 0 Å². The number of halogens is 1. The first-order valence-corrected chi connectivity index (χ1v) is 7.36. The Morgan fingerprint density at radius 2 is 1.95 bits per heavy atom. The second-order valence-corrected chi connectivity index (χ2v) is 5.74. The van der Waals surface area contributed by atoms with E-state index in [0.29, 0.717) is 5.92 Å². The van der Waals surface area contributed by atoms with Crippen LogP contribution in [0.25, 0.3) is 0 Å². The number of carbonyl (C=O) groups is 2. The Hall–Kier alpha value is -1.59. The van der Waals surface area contributed by atoms with Crippen LogP contribution in [-0.4, -0.2) is 24.9 Å². The fourth-order valence-electron chi connectivity index (χ4n) is 2.40. The normalized spacial score (nSPS) is 16.7. The standard InChI is InChI=1S/C16H23N3O2.ClH/c1-10(14-8-17-9-14)16(21)18-11(2)13-5-4-6-15(7-13)19-12(3)20;/h4-7,10-11,14,17H,8-9H2,1-3H3,(H,18,21)(H,19,20);1H. The Balaban J connectivity index is 0.00000242. The molecule has 0 saturated carbocycles. The van der Waals surface area contributed by atoms with Crippen molar-refractivity contribution in [3.05, 3.63) is 29.8 Å². The average Bonchev–Trinajstić information content (AvgIpc) is 2.36. The Labute approximate surface area is 137 Å². The molecule has 0 aromatic heterocycles. The average molecular weight is 326 g/mol. The molecule has 0 bridgehead atoms. The Morgan fingerprint density at radius 1 is 1.27 bits per heavy atom. The summed E-state index contributed by atoms with van der Waals surface area (Å²) < 4.78 is 0. The molecule has 2 unspecified atom stereocenters. The molecule has 2 rings (SSSR count). The van der Waals surface area contributed by atoms with Gasteiger partial charge in [0.15, 0.2) is 0 Å². The van der Waals surface area contributed by atoms with E-state index in [0.717, 1.165) is 24.3 Å². The molecule has 3 N–H and O–H groups in total. The Morgan fingerprint density at radius 3 is 2.50 bits per heavy atom. The largest absolute Gasteiger partial charge is 0.349 e. The predicted octanol–water partition coefficient (Wildman–Crippen LogP) is 2.10. The van der Waals surface area contributed by atoms with Crippen molar-refractivity contribution in [3.8, 4) is 0 Å². The van der Waals surface area contributed by atoms with Gasteiger partial charge in [-0.3, -0.25) is 9.59 Å². The molecule has 2 amide bonds. The summed E-state index contributed by atoms with van der Waals surface area (Å²) in [4.78, 5) is 23.3. The van der Waals surface area contributed by atoms with Gasteiger partial charge in [-0.2, -0.15) is 0 Å². The maximum atomic E-state index is 12.2. The molecule has 1 heterocycles. The van der Waals surface area contributed by atoms with Gasteiger partial charge in [0, 0.05) is 18.5 Å². The third-order valence-electron chi connectivity index (χ3n) is 4.00. The van der Waals surface area contributed by atoms with Crippen molar-refractivity contribution in [3.63, 3.8) is 0 Å². The fourth-order valence-corrected chi connectivity index (χ4v) is 2.40. The molecule has 22 heavy (non-hydrogen) atoms. The van der Waals surface area contributed by atoms with E-state index in [1.54, 1.807) is 0 Å². The molecular formula is C16H24ClN3O2. The highest BCUT2D eigenvalue weighted by molar-refractivity contribution is 5.88. The van der Waals surface area contributed by atoms with Crippen LogP contribution >= 0.6 is 12.4 Å². The topological polar surface area (TPSA) is 70.2 Å². The quantitative estimate of drug-likeness (QED) is 0.776. The number of hydrogen-bond donors (Lipinski definition) is 3. The number of benzene rings is 1. The van der Waals surface area contributed by atoms with Crippen LogP contribution in [-0.2, 0) is 9.59 Å². The number of anilines is 1. The fraction of sp³-hybridized carbons (Fsp3) is 0.500. The first kappa shape index (κ1) is 18.5. The zero-order valence-electron chi connectivity index (χ0n) is 13.2. The molecule has 1 aromatic rings. The van der Waals surface area contributed by atoms with Crippen molar-refractivity contribution in [1.29, 1.82) is 0 Å². The summed E-state index contributed by atoms with van der Waals surface area (Å²) >= 11 is 0. The van der Waals surface area contributed by atoms with Crippen LogP contribution in [0.1, 0.15) is 32.4 Å². The summed E-state index contributed by atoms with van der Waals surface area (Å²) in [5, 5.41) is 8.99. The predicted molar refractivity (Wildman–Crippen MR) is 90.1 cm³/mol. The van der Waals surface area contributed by atoms with Gasteiger partial charge in [0.05, 0.1) is 6.04 Å². The van der Waals surface area contributed by atoms with Crippen molar-refractivity contribution < 1.29 is 9.59 Å². The Kier molecular flexibility index (Phi) is 6.84. The van der Waals surface area contributed by atoms with Gasteiger partial charge >= 0.3 is 0 Å². The van der Waals surface area contributed by atoms with Gasteiger partial charge in [-0.25, -0.2) is 0 Å². The van der Waals surface area contributed by atoms with E-state index in [-0.39, 0.29) is 36.2 Å². The third-order valence-corrected chi connectivity index (χ3v) is 4.00. The highest BCUT2D eigenvalue weighted by Crippen LogP contribution is 2.20. The van der Waals surface area contributed by atoms with Gasteiger partial charge in [0.1, 0.15) is 0 Å². The smallest absolute Gasteiger partial charge is 0.223 e. The second kappa shape index (κ2) is 8.15. The van der Waals surface area contributed by atoms with E-state index >= 15 is 0 Å². The minimum Gasteiger partial charge on any atom is -0.349 e. The molecule has 6 heteroatoms. The molecule has 0 radical (unpaired) electrons. The van der Waals surface area contributed by atoms with Crippen molar-refractivity contribution >= 4 is 29.9 Å². The number of amides is 2. The van der Waals surface area contributed by atoms with Crippen LogP contribution in [0.4, 0.5) is 5.69 Å². The lowest BCUT2D eigenvalue weighted by Crippen LogP contribution is -2.49. The van der Waals surface area contributed by atoms with E-state index in [2.05, 4.69) is 16.0 Å². The molecule has 1 saturated heterocycles. The van der Waals surface area contributed by atoms with E-state index in [1.807, 2.05) is 38.1 Å². The van der Waals surface area contributed by atoms with Crippen LogP contribution < -0.4 is 16.0 Å². The summed E-state index contributed by atoms with van der Waals surface area (Å²) in [6, 6.07) is 7.47. The van der Waals surface area contributed by atoms with Gasteiger partial charge in [-0.1, -0.05) is 19.1 Å². The maximum absolute atomic E-state index is 12.2. The lowest BCUT2D eigenvalue weighted by Gasteiger charge is -2.32. The number of rotatable bonds is 5. The maximum Gasteiger partial charge on any atom is 0.223 e. The first-order chi connectivity index (χ1) is 9.97. The summed E-state index contributed by atoms with van der Waals surface area (Å²) in [6.07, 6.45) is 0.